The molecule has 0 aromatic heterocycles. The number of carboxylic acid groups (broad SMARTS) is 1. The number of carboxylic acids is 1. The van der Waals surface area contributed by atoms with E-state index in [1.165, 1.54) is 12.1 Å². The van der Waals surface area contributed by atoms with Crippen LogP contribution in [0.15, 0.2) is 48.5 Å². The van der Waals surface area contributed by atoms with Crippen molar-refractivity contribution < 1.29 is 43.2 Å². The van der Waals surface area contributed by atoms with Gasteiger partial charge in [-0.1, -0.05) is 52.0 Å². The predicted octanol–water partition coefficient (Wildman–Crippen LogP) is 4.78. The van der Waals surface area contributed by atoms with Crippen LogP contribution in [0.5, 0.6) is 17.2 Å². The second-order valence-electron chi connectivity index (χ2n) is 9.34. The first kappa shape index (κ1) is 31.3. The summed E-state index contributed by atoms with van der Waals surface area (Å²) in [7, 11) is 0. The van der Waals surface area contributed by atoms with Gasteiger partial charge < -0.3 is 29.4 Å². The van der Waals surface area contributed by atoms with E-state index < -0.39 is 36.2 Å². The Morgan fingerprint density at radius 2 is 1.41 bits per heavy atom. The summed E-state index contributed by atoms with van der Waals surface area (Å²) in [5, 5.41) is 12.6. The van der Waals surface area contributed by atoms with E-state index in [0.29, 0.717) is 24.2 Å². The Labute approximate surface area is 228 Å². The average Bonchev–Trinajstić information content (AvgIpc) is 2.91. The molecule has 3 unspecified atom stereocenters. The molecule has 0 amide bonds. The van der Waals surface area contributed by atoms with Gasteiger partial charge >= 0.3 is 24.1 Å². The molecule has 2 rings (SSSR count). The number of benzene rings is 2. The Kier molecular flexibility index (Phi) is 12.4. The van der Waals surface area contributed by atoms with Crippen molar-refractivity contribution in [2.75, 3.05) is 6.54 Å². The smallest absolute Gasteiger partial charge is 0.480 e. The highest BCUT2D eigenvalue weighted by atomic mass is 16.7. The van der Waals surface area contributed by atoms with E-state index in [4.69, 9.17) is 18.9 Å². The molecule has 0 fully saturated rings. The number of hydrogen-bond donors (Lipinski definition) is 2. The first-order valence-electron chi connectivity index (χ1n) is 13.0. The zero-order valence-electron chi connectivity index (χ0n) is 23.0. The highest BCUT2D eigenvalue weighted by Gasteiger charge is 2.23. The second kappa shape index (κ2) is 15.5. The molecule has 2 N–H and O–H groups in total. The lowest BCUT2D eigenvalue weighted by Crippen LogP contribution is -2.42. The molecular weight excluding hydrogens is 506 g/mol. The second-order valence-corrected chi connectivity index (χ2v) is 9.34. The Balaban J connectivity index is 2.09. The molecule has 0 bridgehead atoms. The lowest BCUT2D eigenvalue weighted by atomic mass is 10.0. The van der Waals surface area contributed by atoms with Crippen molar-refractivity contribution in [2.45, 2.75) is 66.0 Å². The van der Waals surface area contributed by atoms with Gasteiger partial charge in [-0.3, -0.25) is 14.4 Å². The van der Waals surface area contributed by atoms with Crippen LogP contribution in [0.25, 0.3) is 0 Å². The summed E-state index contributed by atoms with van der Waals surface area (Å²) < 4.78 is 21.3. The molecule has 4 atom stereocenters. The van der Waals surface area contributed by atoms with E-state index in [1.807, 2.05) is 13.8 Å². The molecule has 0 aliphatic carbocycles. The molecule has 0 spiro atoms. The van der Waals surface area contributed by atoms with Crippen LogP contribution < -0.4 is 19.5 Å². The van der Waals surface area contributed by atoms with Crippen LogP contribution in [0.4, 0.5) is 4.79 Å². The van der Waals surface area contributed by atoms with Crippen LogP contribution in [0, 0.1) is 11.8 Å². The molecule has 0 heterocycles. The Morgan fingerprint density at radius 1 is 0.821 bits per heavy atom. The summed E-state index contributed by atoms with van der Waals surface area (Å²) in [5.41, 5.74) is 0.530. The lowest BCUT2D eigenvalue weighted by Gasteiger charge is -2.19. The minimum absolute atomic E-state index is 0.0178. The van der Waals surface area contributed by atoms with Gasteiger partial charge in [0.1, 0.15) is 17.9 Å². The molecular formula is C29H37NO9. The Morgan fingerprint density at radius 3 is 1.97 bits per heavy atom. The SMILES string of the molecule is CCC(C)C(=O)Oc1ccc(C[C@H](NCC(C)OC(=O)Oc2ccccc2)C(=O)O)cc1OC(=O)C(C)CC. The van der Waals surface area contributed by atoms with Gasteiger partial charge in [-0.05, 0) is 56.0 Å². The van der Waals surface area contributed by atoms with E-state index in [9.17, 15) is 24.3 Å². The van der Waals surface area contributed by atoms with E-state index in [-0.39, 0.29) is 36.3 Å². The third-order valence-corrected chi connectivity index (χ3v) is 6.09. The molecule has 0 aliphatic heterocycles. The number of carbonyl (C=O) groups is 4. The van der Waals surface area contributed by atoms with Gasteiger partial charge in [-0.15, -0.1) is 0 Å². The zero-order chi connectivity index (χ0) is 28.9. The first-order chi connectivity index (χ1) is 18.5. The van der Waals surface area contributed by atoms with E-state index in [2.05, 4.69) is 5.32 Å². The lowest BCUT2D eigenvalue weighted by molar-refractivity contribution is -0.141. The Bertz CT molecular complexity index is 1120. The number of para-hydroxylation sites is 1. The largest absolute Gasteiger partial charge is 0.514 e. The number of rotatable bonds is 14. The van der Waals surface area contributed by atoms with Gasteiger partial charge in [-0.2, -0.15) is 0 Å². The van der Waals surface area contributed by atoms with Gasteiger partial charge in [0, 0.05) is 6.54 Å². The highest BCUT2D eigenvalue weighted by Crippen LogP contribution is 2.31. The van der Waals surface area contributed by atoms with Gasteiger partial charge in [0.2, 0.25) is 0 Å². The first-order valence-corrected chi connectivity index (χ1v) is 13.0. The van der Waals surface area contributed by atoms with E-state index >= 15 is 0 Å². The molecule has 212 valence electrons. The number of esters is 2. The third-order valence-electron chi connectivity index (χ3n) is 6.09. The quantitative estimate of drug-likeness (QED) is 0.194. The number of aliphatic carboxylic acids is 1. The van der Waals surface area contributed by atoms with Gasteiger partial charge in [0.25, 0.3) is 0 Å². The molecule has 2 aromatic rings. The van der Waals surface area contributed by atoms with Crippen molar-refractivity contribution in [1.82, 2.24) is 5.32 Å². The molecule has 39 heavy (non-hydrogen) atoms. The fourth-order valence-electron chi connectivity index (χ4n) is 3.20. The number of carbonyl (C=O) groups excluding carboxylic acids is 3. The normalized spacial score (nSPS) is 13.9. The predicted molar refractivity (Wildman–Crippen MR) is 143 cm³/mol. The summed E-state index contributed by atoms with van der Waals surface area (Å²) >= 11 is 0. The fraction of sp³-hybridized carbons (Fsp3) is 0.448. The van der Waals surface area contributed by atoms with E-state index in [0.717, 1.165) is 0 Å². The van der Waals surface area contributed by atoms with Crippen molar-refractivity contribution in [2.24, 2.45) is 11.8 Å². The molecule has 10 nitrogen and oxygen atoms in total. The van der Waals surface area contributed by atoms with Crippen molar-refractivity contribution in [3.63, 3.8) is 0 Å². The molecule has 0 saturated carbocycles. The standard InChI is InChI=1S/C29H37NO9/c1-6-18(3)27(33)38-24-14-13-21(16-25(24)39-28(34)19(4)7-2)15-23(26(31)32)30-17-20(5)36-29(35)37-22-11-9-8-10-12-22/h8-14,16,18-20,23,30H,6-7,15,17H2,1-5H3,(H,31,32)/t18?,19?,20?,23-/m0/s1. The summed E-state index contributed by atoms with van der Waals surface area (Å²) in [6.07, 6.45) is -0.429. The summed E-state index contributed by atoms with van der Waals surface area (Å²) in [6.45, 7) is 8.81. The van der Waals surface area contributed by atoms with Crippen molar-refractivity contribution in [3.8, 4) is 17.2 Å². The maximum absolute atomic E-state index is 12.5. The van der Waals surface area contributed by atoms with Crippen molar-refractivity contribution in [1.29, 1.82) is 0 Å². The number of ether oxygens (including phenoxy) is 4. The summed E-state index contributed by atoms with van der Waals surface area (Å²) in [6, 6.07) is 12.0. The van der Waals surface area contributed by atoms with E-state index in [1.54, 1.807) is 57.2 Å². The molecule has 0 radical (unpaired) electrons. The van der Waals surface area contributed by atoms with Crippen LogP contribution in [0.1, 0.15) is 53.0 Å². The van der Waals surface area contributed by atoms with Crippen LogP contribution in [-0.2, 0) is 25.5 Å². The van der Waals surface area contributed by atoms with Gasteiger partial charge in [0.05, 0.1) is 11.8 Å². The van der Waals surface area contributed by atoms with Gasteiger partial charge in [0.15, 0.2) is 11.5 Å². The number of hydrogen-bond acceptors (Lipinski definition) is 9. The summed E-state index contributed by atoms with van der Waals surface area (Å²) in [5.74, 6) is -2.35. The molecule has 10 heteroatoms. The van der Waals surface area contributed by atoms with Crippen LogP contribution in [-0.4, -0.2) is 47.9 Å². The van der Waals surface area contributed by atoms with Crippen molar-refractivity contribution in [3.05, 3.63) is 54.1 Å². The zero-order valence-corrected chi connectivity index (χ0v) is 23.0. The van der Waals surface area contributed by atoms with Crippen LogP contribution >= 0.6 is 0 Å². The fourth-order valence-corrected chi connectivity index (χ4v) is 3.20. The Hall–Kier alpha value is -3.92. The minimum Gasteiger partial charge on any atom is -0.480 e. The average molecular weight is 544 g/mol. The maximum atomic E-state index is 12.5. The van der Waals surface area contributed by atoms with Crippen LogP contribution in [0.2, 0.25) is 0 Å². The molecule has 0 aliphatic rings. The third kappa shape index (κ3) is 10.4. The monoisotopic (exact) mass is 543 g/mol. The molecule has 0 saturated heterocycles. The highest BCUT2D eigenvalue weighted by molar-refractivity contribution is 5.78. The molecule has 2 aromatic carbocycles. The number of nitrogens with one attached hydrogen (secondary N) is 1. The summed E-state index contributed by atoms with van der Waals surface area (Å²) in [4.78, 5) is 48.8. The minimum atomic E-state index is -1.13. The maximum Gasteiger partial charge on any atom is 0.514 e. The van der Waals surface area contributed by atoms with Crippen LogP contribution in [0.3, 0.4) is 0 Å². The van der Waals surface area contributed by atoms with Gasteiger partial charge in [-0.25, -0.2) is 4.79 Å². The topological polar surface area (TPSA) is 137 Å². The van der Waals surface area contributed by atoms with Crippen molar-refractivity contribution >= 4 is 24.1 Å².